The molecule has 10 heteroatoms. The monoisotopic (exact) mass is 442 g/mol. The fourth-order valence-electron chi connectivity index (χ4n) is 3.49. The van der Waals surface area contributed by atoms with Gasteiger partial charge in [-0.3, -0.25) is 14.4 Å². The summed E-state index contributed by atoms with van der Waals surface area (Å²) in [7, 11) is 1.42. The number of carbonyl (C=O) groups is 3. The zero-order valence-electron chi connectivity index (χ0n) is 17.7. The Morgan fingerprint density at radius 1 is 1.19 bits per heavy atom. The molecule has 3 amide bonds. The third kappa shape index (κ3) is 5.73. The molecule has 32 heavy (non-hydrogen) atoms. The molecule has 1 atom stereocenters. The van der Waals surface area contributed by atoms with Gasteiger partial charge in [-0.1, -0.05) is 30.3 Å². The molecule has 1 aliphatic rings. The van der Waals surface area contributed by atoms with Crippen molar-refractivity contribution in [3.63, 3.8) is 0 Å². The van der Waals surface area contributed by atoms with Crippen LogP contribution in [0.5, 0.6) is 0 Å². The molecule has 0 saturated carbocycles. The molecule has 170 valence electrons. The number of carbonyl (C=O) groups excluding carboxylic acids is 2. The summed E-state index contributed by atoms with van der Waals surface area (Å²) in [6, 6.07) is 10.5. The molecular weight excluding hydrogens is 416 g/mol. The molecule has 2 aromatic rings. The van der Waals surface area contributed by atoms with Gasteiger partial charge in [0.1, 0.15) is 5.56 Å². The molecule has 1 aromatic heterocycles. The second-order valence-corrected chi connectivity index (χ2v) is 7.41. The van der Waals surface area contributed by atoms with Crippen molar-refractivity contribution in [1.29, 1.82) is 0 Å². The Morgan fingerprint density at radius 3 is 2.59 bits per heavy atom. The Labute approximate surface area is 184 Å². The van der Waals surface area contributed by atoms with Crippen LogP contribution in [0.3, 0.4) is 0 Å². The predicted molar refractivity (Wildman–Crippen MR) is 116 cm³/mol. The highest BCUT2D eigenvalue weighted by atomic mass is 16.5. The van der Waals surface area contributed by atoms with Crippen molar-refractivity contribution in [2.45, 2.75) is 19.1 Å². The number of hydrogen-bond donors (Lipinski definition) is 3. The van der Waals surface area contributed by atoms with Crippen LogP contribution in [-0.2, 0) is 11.3 Å². The summed E-state index contributed by atoms with van der Waals surface area (Å²) in [6.07, 6.45) is 0.873. The first kappa shape index (κ1) is 23.0. The summed E-state index contributed by atoms with van der Waals surface area (Å²) in [5.41, 5.74) is 0.428. The highest BCUT2D eigenvalue weighted by molar-refractivity contribution is 5.99. The first-order valence-corrected chi connectivity index (χ1v) is 10.3. The van der Waals surface area contributed by atoms with Crippen molar-refractivity contribution >= 4 is 17.9 Å². The number of likely N-dealkylation sites (tertiary alicyclic amines) is 1. The molecule has 1 aromatic carbocycles. The molecule has 3 rings (SSSR count). The number of carboxylic acid groups (broad SMARTS) is 1. The fraction of sp³-hybridized carbons (Fsp3) is 0.364. The van der Waals surface area contributed by atoms with E-state index in [1.807, 2.05) is 30.3 Å². The zero-order chi connectivity index (χ0) is 23.1. The van der Waals surface area contributed by atoms with E-state index >= 15 is 0 Å². The average Bonchev–Trinajstić information content (AvgIpc) is 3.27. The van der Waals surface area contributed by atoms with Gasteiger partial charge in [0.2, 0.25) is 0 Å². The number of aromatic nitrogens is 1. The van der Waals surface area contributed by atoms with Crippen LogP contribution >= 0.6 is 0 Å². The lowest BCUT2D eigenvalue weighted by molar-refractivity contribution is 0.0585. The van der Waals surface area contributed by atoms with Crippen molar-refractivity contribution in [3.8, 4) is 0 Å². The van der Waals surface area contributed by atoms with Gasteiger partial charge in [0, 0.05) is 26.3 Å². The maximum absolute atomic E-state index is 12.7. The maximum Gasteiger partial charge on any atom is 0.407 e. The lowest BCUT2D eigenvalue weighted by Gasteiger charge is -2.14. The Morgan fingerprint density at radius 2 is 1.94 bits per heavy atom. The molecule has 1 saturated heterocycles. The largest absolute Gasteiger partial charge is 0.465 e. The zero-order valence-corrected chi connectivity index (χ0v) is 17.7. The summed E-state index contributed by atoms with van der Waals surface area (Å²) in [5, 5.41) is 14.1. The van der Waals surface area contributed by atoms with Gasteiger partial charge in [0.25, 0.3) is 17.4 Å². The topological polar surface area (TPSA) is 130 Å². The van der Waals surface area contributed by atoms with E-state index in [0.29, 0.717) is 19.5 Å². The molecule has 10 nitrogen and oxygen atoms in total. The molecule has 0 radical (unpaired) electrons. The van der Waals surface area contributed by atoms with E-state index in [2.05, 4.69) is 10.6 Å². The molecule has 1 fully saturated rings. The number of pyridine rings is 1. The molecule has 3 N–H and O–H groups in total. The van der Waals surface area contributed by atoms with Gasteiger partial charge < -0.3 is 29.9 Å². The maximum atomic E-state index is 12.7. The third-order valence-corrected chi connectivity index (χ3v) is 5.17. The van der Waals surface area contributed by atoms with E-state index in [4.69, 9.17) is 9.84 Å². The van der Waals surface area contributed by atoms with E-state index in [9.17, 15) is 19.2 Å². The SMILES string of the molecule is CNC(=O)c1cc(C(=O)NCCOC2CCN(C(=O)O)C2)cn(Cc2ccccc2)c1=O. The van der Waals surface area contributed by atoms with E-state index in [0.717, 1.165) is 5.56 Å². The van der Waals surface area contributed by atoms with Crippen LogP contribution in [0, 0.1) is 0 Å². The van der Waals surface area contributed by atoms with Crippen molar-refractivity contribution in [1.82, 2.24) is 20.1 Å². The minimum Gasteiger partial charge on any atom is -0.465 e. The standard InChI is InChI=1S/C22H26N4O6/c1-23-20(28)18-11-16(13-26(21(18)29)12-15-5-3-2-4-6-15)19(27)24-8-10-32-17-7-9-25(14-17)22(30)31/h2-6,11,13,17H,7-10,12,14H2,1H3,(H,23,28)(H,24,27)(H,30,31). The van der Waals surface area contributed by atoms with Crippen LogP contribution in [0.25, 0.3) is 0 Å². The number of hydrogen-bond acceptors (Lipinski definition) is 5. The van der Waals surface area contributed by atoms with Gasteiger partial charge in [0.05, 0.1) is 31.4 Å². The van der Waals surface area contributed by atoms with E-state index in [1.165, 1.54) is 28.8 Å². The fourth-order valence-corrected chi connectivity index (χ4v) is 3.49. The molecular formula is C22H26N4O6. The van der Waals surface area contributed by atoms with Crippen LogP contribution in [-0.4, -0.2) is 71.9 Å². The van der Waals surface area contributed by atoms with Crippen molar-refractivity contribution in [3.05, 3.63) is 69.6 Å². The van der Waals surface area contributed by atoms with Gasteiger partial charge >= 0.3 is 6.09 Å². The van der Waals surface area contributed by atoms with Gasteiger partial charge in [0.15, 0.2) is 0 Å². The number of ether oxygens (including phenoxy) is 1. The molecule has 0 aliphatic carbocycles. The molecule has 0 spiro atoms. The highest BCUT2D eigenvalue weighted by Gasteiger charge is 2.26. The minimum atomic E-state index is -0.970. The second-order valence-electron chi connectivity index (χ2n) is 7.41. The van der Waals surface area contributed by atoms with E-state index in [1.54, 1.807) is 0 Å². The van der Waals surface area contributed by atoms with Gasteiger partial charge in [-0.25, -0.2) is 4.79 Å². The number of rotatable bonds is 8. The van der Waals surface area contributed by atoms with Crippen molar-refractivity contribution < 1.29 is 24.2 Å². The normalized spacial score (nSPS) is 15.4. The lowest BCUT2D eigenvalue weighted by Crippen LogP contribution is -2.35. The quantitative estimate of drug-likeness (QED) is 0.518. The van der Waals surface area contributed by atoms with Gasteiger partial charge in [-0.2, -0.15) is 0 Å². The molecule has 1 aliphatic heterocycles. The number of benzene rings is 1. The van der Waals surface area contributed by atoms with E-state index < -0.39 is 23.5 Å². The molecule has 1 unspecified atom stereocenters. The van der Waals surface area contributed by atoms with E-state index in [-0.39, 0.29) is 36.9 Å². The Hall–Kier alpha value is -3.66. The summed E-state index contributed by atoms with van der Waals surface area (Å²) in [6.45, 7) is 1.38. The first-order valence-electron chi connectivity index (χ1n) is 10.3. The minimum absolute atomic E-state index is 0.118. The summed E-state index contributed by atoms with van der Waals surface area (Å²) in [4.78, 5) is 49.8. The lowest BCUT2D eigenvalue weighted by atomic mass is 10.1. The first-order chi connectivity index (χ1) is 15.4. The average molecular weight is 442 g/mol. The predicted octanol–water partition coefficient (Wildman–Crippen LogP) is 0.755. The Kier molecular flexibility index (Phi) is 7.61. The second kappa shape index (κ2) is 10.6. The van der Waals surface area contributed by atoms with Crippen LogP contribution in [0.1, 0.15) is 32.7 Å². The Bertz CT molecular complexity index is 1040. The summed E-state index contributed by atoms with van der Waals surface area (Å²) < 4.78 is 6.97. The van der Waals surface area contributed by atoms with Gasteiger partial charge in [-0.15, -0.1) is 0 Å². The van der Waals surface area contributed by atoms with Gasteiger partial charge in [-0.05, 0) is 18.1 Å². The third-order valence-electron chi connectivity index (χ3n) is 5.17. The number of nitrogens with one attached hydrogen (secondary N) is 2. The Balaban J connectivity index is 1.65. The van der Waals surface area contributed by atoms with Crippen LogP contribution < -0.4 is 16.2 Å². The summed E-state index contributed by atoms with van der Waals surface area (Å²) in [5.74, 6) is -1.02. The highest BCUT2D eigenvalue weighted by Crippen LogP contribution is 2.12. The summed E-state index contributed by atoms with van der Waals surface area (Å²) >= 11 is 0. The molecule has 2 heterocycles. The van der Waals surface area contributed by atoms with Crippen LogP contribution in [0.2, 0.25) is 0 Å². The number of amides is 3. The van der Waals surface area contributed by atoms with Crippen molar-refractivity contribution in [2.75, 3.05) is 33.3 Å². The van der Waals surface area contributed by atoms with Crippen molar-refractivity contribution in [2.24, 2.45) is 0 Å². The van der Waals surface area contributed by atoms with Crippen LogP contribution in [0.15, 0.2) is 47.4 Å². The van der Waals surface area contributed by atoms with Crippen LogP contribution in [0.4, 0.5) is 4.79 Å². The molecule has 0 bridgehead atoms. The smallest absolute Gasteiger partial charge is 0.407 e. The number of nitrogens with zero attached hydrogens (tertiary/aromatic N) is 2.